The zero-order chi connectivity index (χ0) is 21.5. The first-order valence-corrected chi connectivity index (χ1v) is 11.0. The molecule has 0 bridgehead atoms. The van der Waals surface area contributed by atoms with Gasteiger partial charge in [-0.1, -0.05) is 48.0 Å². The number of benzene rings is 2. The van der Waals surface area contributed by atoms with E-state index >= 15 is 0 Å². The first kappa shape index (κ1) is 21.4. The Morgan fingerprint density at radius 3 is 2.43 bits per heavy atom. The summed E-state index contributed by atoms with van der Waals surface area (Å²) >= 11 is 0. The van der Waals surface area contributed by atoms with E-state index in [0.29, 0.717) is 0 Å². The molecule has 0 aromatic heterocycles. The standard InChI is InChI=1S/C21H24O8S/c1-13-8-10-15(11-9-13)30(24,25)29-19-17(22)18-16(28-21(19,2)23)12-26-20(27-18)14-6-4-3-5-7-14/h3-11,16-20,22-23H,12H2,1-2H3/t16-,17+,18-,19-,20?,21?/m1/s1. The molecule has 2 aliphatic heterocycles. The Kier molecular flexibility index (Phi) is 5.71. The van der Waals surface area contributed by atoms with Crippen LogP contribution in [0.3, 0.4) is 0 Å². The van der Waals surface area contributed by atoms with Crippen molar-refractivity contribution < 1.29 is 37.0 Å². The molecule has 0 spiro atoms. The van der Waals surface area contributed by atoms with Crippen molar-refractivity contribution in [1.29, 1.82) is 0 Å². The van der Waals surface area contributed by atoms with Gasteiger partial charge in [-0.25, -0.2) is 0 Å². The summed E-state index contributed by atoms with van der Waals surface area (Å²) in [5, 5.41) is 21.6. The molecule has 2 N–H and O–H groups in total. The van der Waals surface area contributed by atoms with E-state index in [1.165, 1.54) is 19.1 Å². The van der Waals surface area contributed by atoms with Gasteiger partial charge in [0.2, 0.25) is 0 Å². The average Bonchev–Trinajstić information content (AvgIpc) is 2.72. The van der Waals surface area contributed by atoms with E-state index in [0.717, 1.165) is 11.1 Å². The molecule has 2 aromatic rings. The Morgan fingerprint density at radius 1 is 1.10 bits per heavy atom. The molecule has 2 fully saturated rings. The van der Waals surface area contributed by atoms with Gasteiger partial charge in [0, 0.05) is 5.56 Å². The highest BCUT2D eigenvalue weighted by molar-refractivity contribution is 7.86. The van der Waals surface area contributed by atoms with Crippen LogP contribution in [0.2, 0.25) is 0 Å². The number of aryl methyl sites for hydroxylation is 1. The monoisotopic (exact) mass is 436 g/mol. The van der Waals surface area contributed by atoms with Crippen molar-refractivity contribution in [2.45, 2.75) is 55.2 Å². The summed E-state index contributed by atoms with van der Waals surface area (Å²) in [4.78, 5) is -0.0896. The van der Waals surface area contributed by atoms with Gasteiger partial charge in [-0.3, -0.25) is 4.18 Å². The Morgan fingerprint density at radius 2 is 1.77 bits per heavy atom. The molecule has 2 heterocycles. The maximum atomic E-state index is 12.7. The number of rotatable bonds is 4. The molecule has 0 amide bonds. The van der Waals surface area contributed by atoms with Gasteiger partial charge in [-0.05, 0) is 26.0 Å². The topological polar surface area (TPSA) is 112 Å². The van der Waals surface area contributed by atoms with Crippen LogP contribution in [0, 0.1) is 6.92 Å². The second-order valence-electron chi connectivity index (χ2n) is 7.66. The SMILES string of the molecule is Cc1ccc(S(=O)(=O)O[C@@H]2[C@@H](O)[C@@H]3OC(c4ccccc4)OC[C@H]3OC2(C)O)cc1. The van der Waals surface area contributed by atoms with Crippen molar-refractivity contribution >= 4 is 10.1 Å². The van der Waals surface area contributed by atoms with Crippen molar-refractivity contribution in [3.05, 3.63) is 65.7 Å². The molecule has 2 aliphatic rings. The minimum Gasteiger partial charge on any atom is -0.387 e. The van der Waals surface area contributed by atoms with Gasteiger partial charge in [0.1, 0.15) is 18.3 Å². The van der Waals surface area contributed by atoms with Crippen LogP contribution < -0.4 is 0 Å². The zero-order valence-electron chi connectivity index (χ0n) is 16.5. The quantitative estimate of drug-likeness (QED) is 0.696. The molecule has 0 radical (unpaired) electrons. The summed E-state index contributed by atoms with van der Waals surface area (Å²) < 4.78 is 47.8. The first-order chi connectivity index (χ1) is 14.2. The Labute approximate surface area is 175 Å². The van der Waals surface area contributed by atoms with Crippen LogP contribution in [0.15, 0.2) is 59.5 Å². The molecule has 2 unspecified atom stereocenters. The lowest BCUT2D eigenvalue weighted by Crippen LogP contribution is -2.67. The summed E-state index contributed by atoms with van der Waals surface area (Å²) in [5.41, 5.74) is 1.62. The van der Waals surface area contributed by atoms with Crippen molar-refractivity contribution in [3.63, 3.8) is 0 Å². The van der Waals surface area contributed by atoms with Crippen molar-refractivity contribution in [2.75, 3.05) is 6.61 Å². The third-order valence-electron chi connectivity index (χ3n) is 5.24. The molecular weight excluding hydrogens is 412 g/mol. The van der Waals surface area contributed by atoms with Gasteiger partial charge in [-0.15, -0.1) is 0 Å². The lowest BCUT2D eigenvalue weighted by atomic mass is 9.93. The van der Waals surface area contributed by atoms with E-state index in [1.54, 1.807) is 12.1 Å². The lowest BCUT2D eigenvalue weighted by Gasteiger charge is -2.49. The van der Waals surface area contributed by atoms with Crippen molar-refractivity contribution in [2.24, 2.45) is 0 Å². The van der Waals surface area contributed by atoms with Crippen LogP contribution in [0.5, 0.6) is 0 Å². The van der Waals surface area contributed by atoms with E-state index in [9.17, 15) is 18.6 Å². The van der Waals surface area contributed by atoms with Crippen LogP contribution in [0.4, 0.5) is 0 Å². The molecular formula is C21H24O8S. The highest BCUT2D eigenvalue weighted by atomic mass is 32.2. The maximum absolute atomic E-state index is 12.7. The van der Waals surface area contributed by atoms with Gasteiger partial charge in [0.25, 0.3) is 10.1 Å². The molecule has 30 heavy (non-hydrogen) atoms. The average molecular weight is 436 g/mol. The van der Waals surface area contributed by atoms with E-state index < -0.39 is 46.6 Å². The summed E-state index contributed by atoms with van der Waals surface area (Å²) in [5.74, 6) is -2.08. The normalized spacial score (nSPS) is 34.3. The predicted molar refractivity (Wildman–Crippen MR) is 105 cm³/mol. The van der Waals surface area contributed by atoms with E-state index in [2.05, 4.69) is 0 Å². The zero-order valence-corrected chi connectivity index (χ0v) is 17.4. The number of aliphatic hydroxyl groups excluding tert-OH is 1. The number of fused-ring (bicyclic) bond motifs is 1. The van der Waals surface area contributed by atoms with Crippen molar-refractivity contribution in [1.82, 2.24) is 0 Å². The summed E-state index contributed by atoms with van der Waals surface area (Å²) in [6, 6.07) is 15.2. The number of ether oxygens (including phenoxy) is 3. The molecule has 2 saturated heterocycles. The van der Waals surface area contributed by atoms with E-state index in [-0.39, 0.29) is 11.5 Å². The van der Waals surface area contributed by atoms with Gasteiger partial charge < -0.3 is 24.4 Å². The third-order valence-corrected chi connectivity index (χ3v) is 6.55. The van der Waals surface area contributed by atoms with E-state index in [4.69, 9.17) is 18.4 Å². The number of aliphatic hydroxyl groups is 2. The van der Waals surface area contributed by atoms with Crippen LogP contribution >= 0.6 is 0 Å². The molecule has 4 rings (SSSR count). The van der Waals surface area contributed by atoms with Crippen molar-refractivity contribution in [3.8, 4) is 0 Å². The second-order valence-corrected chi connectivity index (χ2v) is 9.23. The van der Waals surface area contributed by atoms with Gasteiger partial charge in [-0.2, -0.15) is 8.42 Å². The maximum Gasteiger partial charge on any atom is 0.297 e. The lowest BCUT2D eigenvalue weighted by molar-refractivity contribution is -0.383. The smallest absolute Gasteiger partial charge is 0.297 e. The van der Waals surface area contributed by atoms with Gasteiger partial charge >= 0.3 is 0 Å². The first-order valence-electron chi connectivity index (χ1n) is 9.57. The summed E-state index contributed by atoms with van der Waals surface area (Å²) in [7, 11) is -4.27. The third kappa shape index (κ3) is 4.15. The molecule has 0 saturated carbocycles. The predicted octanol–water partition coefficient (Wildman–Crippen LogP) is 1.65. The Balaban J connectivity index is 1.57. The minimum atomic E-state index is -4.27. The molecule has 0 aliphatic carbocycles. The van der Waals surface area contributed by atoms with Crippen LogP contribution in [-0.4, -0.2) is 55.4 Å². The highest BCUT2D eigenvalue weighted by Crippen LogP contribution is 2.39. The minimum absolute atomic E-state index is 0.0505. The second kappa shape index (κ2) is 8.01. The molecule has 8 nitrogen and oxygen atoms in total. The largest absolute Gasteiger partial charge is 0.387 e. The van der Waals surface area contributed by atoms with Gasteiger partial charge in [0.05, 0.1) is 11.5 Å². The Hall–Kier alpha value is -1.85. The molecule has 162 valence electrons. The molecule has 9 heteroatoms. The van der Waals surface area contributed by atoms with Crippen LogP contribution in [0.25, 0.3) is 0 Å². The fourth-order valence-corrected chi connectivity index (χ4v) is 4.78. The molecule has 6 atom stereocenters. The summed E-state index contributed by atoms with van der Waals surface area (Å²) in [6.45, 7) is 3.12. The van der Waals surface area contributed by atoms with Gasteiger partial charge in [0.15, 0.2) is 18.2 Å². The van der Waals surface area contributed by atoms with E-state index in [1.807, 2.05) is 37.3 Å². The fraction of sp³-hybridized carbons (Fsp3) is 0.429. The fourth-order valence-electron chi connectivity index (χ4n) is 3.64. The Bertz CT molecular complexity index is 974. The highest BCUT2D eigenvalue weighted by Gasteiger charge is 2.56. The number of hydrogen-bond donors (Lipinski definition) is 2. The summed E-state index contributed by atoms with van der Waals surface area (Å²) in [6.07, 6.45) is -5.59. The number of hydrogen-bond acceptors (Lipinski definition) is 8. The van der Waals surface area contributed by atoms with Crippen LogP contribution in [-0.2, 0) is 28.5 Å². The van der Waals surface area contributed by atoms with Crippen LogP contribution in [0.1, 0.15) is 24.3 Å². The molecule has 2 aromatic carbocycles.